The highest BCUT2D eigenvalue weighted by Crippen LogP contribution is 2.14. The van der Waals surface area contributed by atoms with E-state index < -0.39 is 12.1 Å². The van der Waals surface area contributed by atoms with Gasteiger partial charge in [0.05, 0.1) is 25.4 Å². The van der Waals surface area contributed by atoms with Crippen molar-refractivity contribution in [3.63, 3.8) is 0 Å². The van der Waals surface area contributed by atoms with Crippen LogP contribution in [0.15, 0.2) is 48.6 Å². The van der Waals surface area contributed by atoms with Gasteiger partial charge in [-0.15, -0.1) is 0 Å². The lowest BCUT2D eigenvalue weighted by molar-refractivity contribution is -0.143. The molecule has 0 fully saturated rings. The number of amides is 1. The third-order valence-electron chi connectivity index (χ3n) is 12.1. The molecule has 0 radical (unpaired) electrons. The molecule has 2 unspecified atom stereocenters. The predicted octanol–water partition coefficient (Wildman–Crippen LogP) is 16.2. The molecule has 0 aliphatic carbocycles. The van der Waals surface area contributed by atoms with Crippen molar-refractivity contribution in [2.24, 2.45) is 0 Å². The van der Waals surface area contributed by atoms with E-state index >= 15 is 0 Å². The second kappa shape index (κ2) is 51.5. The summed E-state index contributed by atoms with van der Waals surface area (Å²) in [6, 6.07) is -0.636. The van der Waals surface area contributed by atoms with Crippen LogP contribution in [0.2, 0.25) is 0 Å². The molecular weight excluding hydrogens is 767 g/mol. The van der Waals surface area contributed by atoms with Crippen molar-refractivity contribution in [3.05, 3.63) is 48.6 Å². The molecule has 0 saturated carbocycles. The first-order chi connectivity index (χ1) is 30.5. The molecule has 2 atom stereocenters. The van der Waals surface area contributed by atoms with Crippen molar-refractivity contribution in [3.8, 4) is 0 Å². The fourth-order valence-corrected chi connectivity index (χ4v) is 7.89. The number of rotatable bonds is 49. The first-order valence-electron chi connectivity index (χ1n) is 26.9. The molecular formula is C56H103NO5. The summed E-state index contributed by atoms with van der Waals surface area (Å²) in [7, 11) is 0. The maximum atomic E-state index is 12.4. The van der Waals surface area contributed by atoms with Crippen molar-refractivity contribution in [2.75, 3.05) is 13.2 Å². The summed E-state index contributed by atoms with van der Waals surface area (Å²) in [4.78, 5) is 24.4. The molecule has 0 heterocycles. The standard InChI is InChI=1S/C56H103NO5/c1-3-5-7-9-11-13-15-16-17-18-21-24-27-30-34-38-42-46-50-56(61)62-51-47-43-39-35-31-28-25-22-19-20-23-26-29-33-37-41-45-49-55(60)57-53(52-58)54(59)48-44-40-36-32-14-12-10-8-6-4-2/h13,15,17-19,22,44,48,53-54,58-59H,3-12,14,16,20-21,23-43,45-47,49-52H2,1-2H3,(H,57,60)/b15-13-,18-17-,22-19-,48-44+. The number of aliphatic hydroxyl groups is 2. The molecule has 0 rings (SSSR count). The minimum atomic E-state index is -0.851. The summed E-state index contributed by atoms with van der Waals surface area (Å²) < 4.78 is 5.47. The molecule has 362 valence electrons. The second-order valence-electron chi connectivity index (χ2n) is 18.2. The highest BCUT2D eigenvalue weighted by Gasteiger charge is 2.18. The Bertz CT molecular complexity index is 1050. The number of nitrogens with one attached hydrogen (secondary N) is 1. The van der Waals surface area contributed by atoms with Gasteiger partial charge in [-0.05, 0) is 89.9 Å². The zero-order valence-corrected chi connectivity index (χ0v) is 41.1. The Balaban J connectivity index is 3.46. The van der Waals surface area contributed by atoms with Crippen molar-refractivity contribution >= 4 is 11.9 Å². The molecule has 62 heavy (non-hydrogen) atoms. The zero-order chi connectivity index (χ0) is 45.1. The van der Waals surface area contributed by atoms with Gasteiger partial charge in [-0.3, -0.25) is 9.59 Å². The van der Waals surface area contributed by atoms with Gasteiger partial charge in [-0.25, -0.2) is 0 Å². The number of carbonyl (C=O) groups is 2. The third-order valence-corrected chi connectivity index (χ3v) is 12.1. The van der Waals surface area contributed by atoms with Crippen LogP contribution >= 0.6 is 0 Å². The fraction of sp³-hybridized carbons (Fsp3) is 0.821. The van der Waals surface area contributed by atoms with E-state index in [0.29, 0.717) is 19.4 Å². The number of hydrogen-bond donors (Lipinski definition) is 3. The van der Waals surface area contributed by atoms with Crippen molar-refractivity contribution in [2.45, 2.75) is 283 Å². The molecule has 0 aromatic rings. The van der Waals surface area contributed by atoms with Gasteiger partial charge in [0.2, 0.25) is 5.91 Å². The van der Waals surface area contributed by atoms with E-state index in [1.54, 1.807) is 6.08 Å². The molecule has 0 spiro atoms. The molecule has 0 aromatic carbocycles. The third kappa shape index (κ3) is 47.3. The summed E-state index contributed by atoms with van der Waals surface area (Å²) in [6.45, 7) is 4.83. The SMILES string of the molecule is CCCCCC/C=C\C/C=C\CCCCCCCCCC(=O)OCCCCCCCC/C=C\CCCCCCCCCC(=O)NC(CO)C(O)/C=C/CCCCCCCCCC. The molecule has 0 aliphatic rings. The van der Waals surface area contributed by atoms with Gasteiger partial charge in [0, 0.05) is 12.8 Å². The smallest absolute Gasteiger partial charge is 0.305 e. The van der Waals surface area contributed by atoms with E-state index in [9.17, 15) is 19.8 Å². The highest BCUT2D eigenvalue weighted by molar-refractivity contribution is 5.76. The number of hydrogen-bond acceptors (Lipinski definition) is 5. The van der Waals surface area contributed by atoms with Crippen LogP contribution in [0.25, 0.3) is 0 Å². The van der Waals surface area contributed by atoms with Crippen LogP contribution in [-0.2, 0) is 14.3 Å². The molecule has 6 heteroatoms. The van der Waals surface area contributed by atoms with Gasteiger partial charge < -0.3 is 20.3 Å². The Hall–Kier alpha value is -2.18. The van der Waals surface area contributed by atoms with E-state index in [1.807, 2.05) is 6.08 Å². The average molecular weight is 870 g/mol. The van der Waals surface area contributed by atoms with Crippen LogP contribution in [-0.4, -0.2) is 47.4 Å². The van der Waals surface area contributed by atoms with Gasteiger partial charge in [-0.2, -0.15) is 0 Å². The van der Waals surface area contributed by atoms with E-state index in [0.717, 1.165) is 64.2 Å². The van der Waals surface area contributed by atoms with Crippen LogP contribution < -0.4 is 5.32 Å². The Labute approximate surface area is 385 Å². The lowest BCUT2D eigenvalue weighted by Crippen LogP contribution is -2.45. The summed E-state index contributed by atoms with van der Waals surface area (Å²) in [5.74, 6) is -0.0946. The van der Waals surface area contributed by atoms with Gasteiger partial charge in [0.25, 0.3) is 0 Å². The summed E-state index contributed by atoms with van der Waals surface area (Å²) in [6.07, 6.45) is 64.1. The summed E-state index contributed by atoms with van der Waals surface area (Å²) in [5.41, 5.74) is 0. The largest absolute Gasteiger partial charge is 0.466 e. The molecule has 0 aromatic heterocycles. The second-order valence-corrected chi connectivity index (χ2v) is 18.2. The monoisotopic (exact) mass is 870 g/mol. The number of ether oxygens (including phenoxy) is 1. The minimum Gasteiger partial charge on any atom is -0.466 e. The van der Waals surface area contributed by atoms with Gasteiger partial charge in [0.15, 0.2) is 0 Å². The summed E-state index contributed by atoms with van der Waals surface area (Å²) in [5, 5.41) is 22.9. The Morgan fingerprint density at radius 1 is 0.452 bits per heavy atom. The quantitative estimate of drug-likeness (QED) is 0.0322. The number of carbonyl (C=O) groups excluding carboxylic acids is 2. The molecule has 0 bridgehead atoms. The van der Waals surface area contributed by atoms with Crippen LogP contribution in [0, 0.1) is 0 Å². The lowest BCUT2D eigenvalue weighted by atomic mass is 10.1. The van der Waals surface area contributed by atoms with E-state index in [1.165, 1.54) is 180 Å². The minimum absolute atomic E-state index is 0.0111. The predicted molar refractivity (Wildman–Crippen MR) is 269 cm³/mol. The zero-order valence-electron chi connectivity index (χ0n) is 41.1. The maximum Gasteiger partial charge on any atom is 0.305 e. The summed E-state index contributed by atoms with van der Waals surface area (Å²) >= 11 is 0. The van der Waals surface area contributed by atoms with Crippen molar-refractivity contribution in [1.29, 1.82) is 0 Å². The van der Waals surface area contributed by atoms with Crippen LogP contribution in [0.3, 0.4) is 0 Å². The van der Waals surface area contributed by atoms with E-state index in [-0.39, 0.29) is 18.5 Å². The highest BCUT2D eigenvalue weighted by atomic mass is 16.5. The Morgan fingerprint density at radius 2 is 0.806 bits per heavy atom. The maximum absolute atomic E-state index is 12.4. The van der Waals surface area contributed by atoms with Crippen LogP contribution in [0.1, 0.15) is 271 Å². The van der Waals surface area contributed by atoms with Crippen LogP contribution in [0.5, 0.6) is 0 Å². The average Bonchev–Trinajstić information content (AvgIpc) is 3.27. The normalized spacial score (nSPS) is 13.0. The van der Waals surface area contributed by atoms with E-state index in [4.69, 9.17) is 4.74 Å². The van der Waals surface area contributed by atoms with Crippen molar-refractivity contribution < 1.29 is 24.5 Å². The molecule has 3 N–H and O–H groups in total. The van der Waals surface area contributed by atoms with Gasteiger partial charge >= 0.3 is 5.97 Å². The number of aliphatic hydroxyl groups excluding tert-OH is 2. The molecule has 0 aliphatic heterocycles. The van der Waals surface area contributed by atoms with Gasteiger partial charge in [-0.1, -0.05) is 217 Å². The molecule has 1 amide bonds. The topological polar surface area (TPSA) is 95.9 Å². The number of esters is 1. The van der Waals surface area contributed by atoms with Gasteiger partial charge in [0.1, 0.15) is 0 Å². The Morgan fingerprint density at radius 3 is 1.26 bits per heavy atom. The van der Waals surface area contributed by atoms with Crippen molar-refractivity contribution in [1.82, 2.24) is 5.32 Å². The lowest BCUT2D eigenvalue weighted by Gasteiger charge is -2.20. The number of unbranched alkanes of at least 4 members (excludes halogenated alkanes) is 32. The number of allylic oxidation sites excluding steroid dienone is 7. The molecule has 0 saturated heterocycles. The first kappa shape index (κ1) is 59.8. The Kier molecular flexibility index (Phi) is 49.6. The first-order valence-corrected chi connectivity index (χ1v) is 26.9. The molecule has 6 nitrogen and oxygen atoms in total. The fourth-order valence-electron chi connectivity index (χ4n) is 7.89. The van der Waals surface area contributed by atoms with Crippen LogP contribution in [0.4, 0.5) is 0 Å². The van der Waals surface area contributed by atoms with E-state index in [2.05, 4.69) is 55.6 Å².